The Labute approximate surface area is 68.6 Å². The zero-order valence-corrected chi connectivity index (χ0v) is 7.30. The summed E-state index contributed by atoms with van der Waals surface area (Å²) in [5, 5.41) is 1.93. The van der Waals surface area contributed by atoms with Gasteiger partial charge in [-0.1, -0.05) is 0 Å². The molecule has 7 heteroatoms. The van der Waals surface area contributed by atoms with Gasteiger partial charge in [-0.3, -0.25) is 13.7 Å². The lowest BCUT2D eigenvalue weighted by Gasteiger charge is -1.82. The maximum atomic E-state index is 9.33. The van der Waals surface area contributed by atoms with Crippen molar-refractivity contribution in [3.8, 4) is 0 Å². The molecule has 0 aliphatic heterocycles. The molecule has 0 bridgehead atoms. The molecular weight excluding hydrogens is 190 g/mol. The molecule has 64 valence electrons. The van der Waals surface area contributed by atoms with Crippen LogP contribution in [0.15, 0.2) is 17.1 Å². The van der Waals surface area contributed by atoms with E-state index in [0.29, 0.717) is 0 Å². The minimum absolute atomic E-state index is 0.870. The first-order valence-electron chi connectivity index (χ1n) is 2.41. The number of aromatic nitrogens is 1. The van der Waals surface area contributed by atoms with Gasteiger partial charge in [0.15, 0.2) is 0 Å². The van der Waals surface area contributed by atoms with E-state index >= 15 is 0 Å². The fourth-order valence-electron chi connectivity index (χ4n) is 0.176. The first-order chi connectivity index (χ1) is 5.06. The highest BCUT2D eigenvalue weighted by atomic mass is 32.3. The molecule has 11 heavy (non-hydrogen) atoms. The van der Waals surface area contributed by atoms with E-state index in [1.807, 2.05) is 5.38 Å². The van der Waals surface area contributed by atoms with E-state index in [1.54, 1.807) is 23.0 Å². The van der Waals surface area contributed by atoms with Crippen LogP contribution in [0.1, 0.15) is 0 Å². The van der Waals surface area contributed by atoms with Gasteiger partial charge in [-0.05, 0) is 0 Å². The molecule has 0 aliphatic rings. The minimum atomic E-state index is -4.16. The van der Waals surface area contributed by atoms with Crippen LogP contribution in [0.2, 0.25) is 0 Å². The SMILES string of the molecule is COS(=O)(=O)O.c1cscn1. The highest BCUT2D eigenvalue weighted by Crippen LogP contribution is 1.85. The van der Waals surface area contributed by atoms with E-state index in [2.05, 4.69) is 9.17 Å². The molecule has 1 aromatic rings. The molecule has 0 amide bonds. The van der Waals surface area contributed by atoms with E-state index in [4.69, 9.17) is 4.55 Å². The largest absolute Gasteiger partial charge is 0.397 e. The van der Waals surface area contributed by atoms with Crippen LogP contribution in [0.3, 0.4) is 0 Å². The Balaban J connectivity index is 0.000000183. The highest BCUT2D eigenvalue weighted by molar-refractivity contribution is 7.80. The molecule has 0 unspecified atom stereocenters. The maximum absolute atomic E-state index is 9.33. The summed E-state index contributed by atoms with van der Waals surface area (Å²) < 4.78 is 29.7. The van der Waals surface area contributed by atoms with E-state index in [-0.39, 0.29) is 0 Å². The lowest BCUT2D eigenvalue weighted by molar-refractivity contribution is 0.324. The second-order valence-electron chi connectivity index (χ2n) is 1.27. The third kappa shape index (κ3) is 9.50. The van der Waals surface area contributed by atoms with Gasteiger partial charge in [0.25, 0.3) is 0 Å². The first-order valence-corrected chi connectivity index (χ1v) is 4.72. The van der Waals surface area contributed by atoms with Gasteiger partial charge in [-0.25, -0.2) is 0 Å². The normalized spacial score (nSPS) is 10.0. The van der Waals surface area contributed by atoms with Crippen molar-refractivity contribution in [2.75, 3.05) is 7.11 Å². The lowest BCUT2D eigenvalue weighted by Crippen LogP contribution is -1.96. The zero-order chi connectivity index (χ0) is 8.74. The van der Waals surface area contributed by atoms with Crippen LogP contribution in [0, 0.1) is 0 Å². The van der Waals surface area contributed by atoms with Crippen molar-refractivity contribution in [1.29, 1.82) is 0 Å². The summed E-state index contributed by atoms with van der Waals surface area (Å²) in [5.41, 5.74) is 1.79. The quantitative estimate of drug-likeness (QED) is 0.666. The van der Waals surface area contributed by atoms with Crippen molar-refractivity contribution in [3.63, 3.8) is 0 Å². The lowest BCUT2D eigenvalue weighted by atomic mass is 11.0. The molecule has 1 rings (SSSR count). The zero-order valence-electron chi connectivity index (χ0n) is 5.67. The molecule has 0 aromatic carbocycles. The molecule has 0 fully saturated rings. The standard InChI is InChI=1S/C3H3NS.CH4O4S/c1-2-5-3-4-1;1-5-6(2,3)4/h1-3H;1H3,(H,2,3,4). The van der Waals surface area contributed by atoms with Gasteiger partial charge in [-0.2, -0.15) is 8.42 Å². The van der Waals surface area contributed by atoms with Crippen molar-refractivity contribution in [2.45, 2.75) is 0 Å². The monoisotopic (exact) mass is 197 g/mol. The molecule has 5 nitrogen and oxygen atoms in total. The van der Waals surface area contributed by atoms with E-state index in [0.717, 1.165) is 7.11 Å². The van der Waals surface area contributed by atoms with Crippen LogP contribution in [-0.4, -0.2) is 25.1 Å². The Morgan fingerprint density at radius 1 is 1.64 bits per heavy atom. The third-order valence-electron chi connectivity index (χ3n) is 0.558. The average Bonchev–Trinajstić information content (AvgIpc) is 2.41. The van der Waals surface area contributed by atoms with E-state index < -0.39 is 10.4 Å². The summed E-state index contributed by atoms with van der Waals surface area (Å²) in [6.45, 7) is 0. The predicted octanol–water partition coefficient (Wildman–Crippen LogP) is 0.579. The number of hydrogen-bond donors (Lipinski definition) is 1. The second-order valence-corrected chi connectivity index (χ2v) is 3.21. The summed E-state index contributed by atoms with van der Waals surface area (Å²) in [4.78, 5) is 3.74. The average molecular weight is 197 g/mol. The van der Waals surface area contributed by atoms with Crippen LogP contribution in [0.5, 0.6) is 0 Å². The Bertz CT molecular complexity index is 236. The topological polar surface area (TPSA) is 76.5 Å². The number of nitrogens with zero attached hydrogens (tertiary/aromatic N) is 1. The predicted molar refractivity (Wildman–Crippen MR) is 40.7 cm³/mol. The maximum Gasteiger partial charge on any atom is 0.397 e. The van der Waals surface area contributed by atoms with Gasteiger partial charge in [0.1, 0.15) is 0 Å². The summed E-state index contributed by atoms with van der Waals surface area (Å²) in [7, 11) is -3.29. The van der Waals surface area contributed by atoms with Crippen LogP contribution in [-0.2, 0) is 14.6 Å². The van der Waals surface area contributed by atoms with Gasteiger partial charge in [0.2, 0.25) is 0 Å². The minimum Gasteiger partial charge on any atom is -0.264 e. The van der Waals surface area contributed by atoms with Crippen LogP contribution in [0.4, 0.5) is 0 Å². The van der Waals surface area contributed by atoms with Gasteiger partial charge < -0.3 is 0 Å². The Morgan fingerprint density at radius 2 is 2.18 bits per heavy atom. The first kappa shape index (κ1) is 10.5. The number of rotatable bonds is 1. The third-order valence-corrected chi connectivity index (χ3v) is 1.50. The second kappa shape index (κ2) is 5.19. The Kier molecular flexibility index (Phi) is 4.95. The number of thiazole rings is 1. The fourth-order valence-corrected chi connectivity index (χ4v) is 0.527. The summed E-state index contributed by atoms with van der Waals surface area (Å²) in [6, 6.07) is 0. The fraction of sp³-hybridized carbons (Fsp3) is 0.250. The molecule has 0 radical (unpaired) electrons. The van der Waals surface area contributed by atoms with Crippen LogP contribution < -0.4 is 0 Å². The van der Waals surface area contributed by atoms with Crippen molar-refractivity contribution >= 4 is 21.7 Å². The Morgan fingerprint density at radius 3 is 2.27 bits per heavy atom. The van der Waals surface area contributed by atoms with E-state index in [9.17, 15) is 8.42 Å². The van der Waals surface area contributed by atoms with Crippen molar-refractivity contribution in [1.82, 2.24) is 4.98 Å². The summed E-state index contributed by atoms with van der Waals surface area (Å²) in [5.74, 6) is 0. The molecule has 0 saturated heterocycles. The molecule has 0 saturated carbocycles. The molecule has 1 aromatic heterocycles. The van der Waals surface area contributed by atoms with Gasteiger partial charge >= 0.3 is 10.4 Å². The van der Waals surface area contributed by atoms with Gasteiger partial charge in [0.05, 0.1) is 12.6 Å². The van der Waals surface area contributed by atoms with E-state index in [1.165, 1.54) is 0 Å². The molecule has 0 atom stereocenters. The van der Waals surface area contributed by atoms with Gasteiger partial charge in [-0.15, -0.1) is 11.3 Å². The molecule has 0 spiro atoms. The molecule has 1 N–H and O–H groups in total. The summed E-state index contributed by atoms with van der Waals surface area (Å²) >= 11 is 1.60. The van der Waals surface area contributed by atoms with Crippen molar-refractivity contribution < 1.29 is 17.2 Å². The van der Waals surface area contributed by atoms with Crippen molar-refractivity contribution in [3.05, 3.63) is 17.1 Å². The summed E-state index contributed by atoms with van der Waals surface area (Å²) in [6.07, 6.45) is 1.77. The van der Waals surface area contributed by atoms with Gasteiger partial charge in [0, 0.05) is 11.6 Å². The molecule has 1 heterocycles. The van der Waals surface area contributed by atoms with Crippen LogP contribution in [0.25, 0.3) is 0 Å². The van der Waals surface area contributed by atoms with Crippen LogP contribution >= 0.6 is 11.3 Å². The molecular formula is C4H7NO4S2. The smallest absolute Gasteiger partial charge is 0.264 e. The number of hydrogen-bond acceptors (Lipinski definition) is 5. The highest BCUT2D eigenvalue weighted by Gasteiger charge is 1.93. The molecule has 0 aliphatic carbocycles. The van der Waals surface area contributed by atoms with Crippen molar-refractivity contribution in [2.24, 2.45) is 0 Å². The Hall–Kier alpha value is -0.500.